The molecular weight excluding hydrogens is 491 g/mol. The van der Waals surface area contributed by atoms with Crippen molar-refractivity contribution in [3.05, 3.63) is 36.5 Å². The third kappa shape index (κ3) is 23.6. The summed E-state index contributed by atoms with van der Waals surface area (Å²) in [5.41, 5.74) is 5.30. The molecule has 0 aliphatic rings. The maximum atomic E-state index is 12.5. The first kappa shape index (κ1) is 35.7. The van der Waals surface area contributed by atoms with Crippen LogP contribution in [0.1, 0.15) is 104 Å². The summed E-state index contributed by atoms with van der Waals surface area (Å²) in [7, 11) is -4.32. The third-order valence-electron chi connectivity index (χ3n) is 5.67. The summed E-state index contributed by atoms with van der Waals surface area (Å²) < 4.78 is 21.8. The van der Waals surface area contributed by atoms with Crippen molar-refractivity contribution in [3.63, 3.8) is 0 Å². The third-order valence-corrected chi connectivity index (χ3v) is 6.65. The molecule has 0 aromatic rings. The molecule has 1 amide bonds. The number of carbonyl (C=O) groups excluding carboxylic acids is 1. The van der Waals surface area contributed by atoms with Gasteiger partial charge in [0.2, 0.25) is 5.91 Å². The maximum Gasteiger partial charge on any atom is 0.472 e. The van der Waals surface area contributed by atoms with Crippen molar-refractivity contribution in [2.24, 2.45) is 5.73 Å². The van der Waals surface area contributed by atoms with Gasteiger partial charge in [0.05, 0.1) is 25.4 Å². The normalized spacial score (nSPS) is 15.5. The Morgan fingerprint density at radius 2 is 1.49 bits per heavy atom. The molecular formula is C28H53N2O6P. The molecule has 9 heteroatoms. The van der Waals surface area contributed by atoms with Crippen molar-refractivity contribution >= 4 is 13.7 Å². The van der Waals surface area contributed by atoms with Gasteiger partial charge in [0.25, 0.3) is 0 Å². The zero-order valence-corrected chi connectivity index (χ0v) is 24.1. The Hall–Kier alpha value is -1.28. The zero-order valence-electron chi connectivity index (χ0n) is 23.2. The molecule has 0 rings (SSSR count). The number of nitrogens with one attached hydrogen (secondary N) is 1. The summed E-state index contributed by atoms with van der Waals surface area (Å²) in [5.74, 6) is -0.224. The van der Waals surface area contributed by atoms with Gasteiger partial charge >= 0.3 is 7.82 Å². The van der Waals surface area contributed by atoms with E-state index >= 15 is 0 Å². The summed E-state index contributed by atoms with van der Waals surface area (Å²) in [6, 6.07) is -0.874. The van der Waals surface area contributed by atoms with Crippen molar-refractivity contribution in [3.8, 4) is 0 Å². The fourth-order valence-corrected chi connectivity index (χ4v) is 4.24. The van der Waals surface area contributed by atoms with Gasteiger partial charge in [-0.05, 0) is 44.9 Å². The summed E-state index contributed by atoms with van der Waals surface area (Å²) in [5, 5.41) is 13.4. The topological polar surface area (TPSA) is 131 Å². The molecule has 5 N–H and O–H groups in total. The fraction of sp³-hybridized carbons (Fsp3) is 0.750. The number of aliphatic hydroxyl groups is 1. The minimum atomic E-state index is -4.32. The molecule has 0 aliphatic heterocycles. The van der Waals surface area contributed by atoms with E-state index in [0.717, 1.165) is 64.2 Å². The molecule has 0 fully saturated rings. The number of allylic oxidation sites excluding steroid dienone is 5. The van der Waals surface area contributed by atoms with Crippen molar-refractivity contribution in [2.45, 2.75) is 116 Å². The number of carbonyl (C=O) groups is 1. The lowest BCUT2D eigenvalue weighted by Gasteiger charge is -2.23. The van der Waals surface area contributed by atoms with Crippen LogP contribution in [0.15, 0.2) is 36.5 Å². The van der Waals surface area contributed by atoms with E-state index in [9.17, 15) is 19.4 Å². The Kier molecular flexibility index (Phi) is 24.2. The van der Waals surface area contributed by atoms with E-state index in [1.54, 1.807) is 6.08 Å². The molecule has 0 radical (unpaired) electrons. The number of phosphoric ester groups is 1. The van der Waals surface area contributed by atoms with Crippen molar-refractivity contribution in [1.29, 1.82) is 0 Å². The highest BCUT2D eigenvalue weighted by Crippen LogP contribution is 2.43. The average molecular weight is 545 g/mol. The first-order chi connectivity index (χ1) is 17.9. The number of rotatable bonds is 25. The minimum Gasteiger partial charge on any atom is -0.387 e. The Labute approximate surface area is 225 Å². The number of phosphoric acid groups is 1. The molecule has 0 aromatic carbocycles. The predicted molar refractivity (Wildman–Crippen MR) is 152 cm³/mol. The molecule has 37 heavy (non-hydrogen) atoms. The number of aliphatic hydroxyl groups excluding tert-OH is 1. The van der Waals surface area contributed by atoms with E-state index in [4.69, 9.17) is 14.8 Å². The number of amides is 1. The lowest BCUT2D eigenvalue weighted by Crippen LogP contribution is -2.45. The smallest absolute Gasteiger partial charge is 0.387 e. The van der Waals surface area contributed by atoms with Crippen LogP contribution in [0.2, 0.25) is 0 Å². The Morgan fingerprint density at radius 3 is 2.19 bits per heavy atom. The second-order valence-electron chi connectivity index (χ2n) is 9.24. The summed E-state index contributed by atoms with van der Waals surface area (Å²) >= 11 is 0. The van der Waals surface area contributed by atoms with Crippen LogP contribution >= 0.6 is 7.82 Å². The summed E-state index contributed by atoms with van der Waals surface area (Å²) in [6.45, 7) is 3.91. The minimum absolute atomic E-state index is 0.0713. The molecule has 0 saturated carbocycles. The number of hydrogen-bond donors (Lipinski definition) is 4. The van der Waals surface area contributed by atoms with Gasteiger partial charge in [-0.1, -0.05) is 88.8 Å². The number of unbranched alkanes of at least 4 members (excludes halogenated alkanes) is 9. The average Bonchev–Trinajstić information content (AvgIpc) is 2.87. The van der Waals surface area contributed by atoms with E-state index in [0.29, 0.717) is 6.42 Å². The fourth-order valence-electron chi connectivity index (χ4n) is 3.48. The van der Waals surface area contributed by atoms with Gasteiger partial charge in [0.15, 0.2) is 0 Å². The molecule has 216 valence electrons. The molecule has 0 aliphatic carbocycles. The molecule has 3 unspecified atom stereocenters. The van der Waals surface area contributed by atoms with Gasteiger partial charge in [-0.25, -0.2) is 4.57 Å². The van der Waals surface area contributed by atoms with Crippen LogP contribution in [0.5, 0.6) is 0 Å². The van der Waals surface area contributed by atoms with Crippen LogP contribution in [0.4, 0.5) is 0 Å². The molecule has 0 bridgehead atoms. The lowest BCUT2D eigenvalue weighted by molar-refractivity contribution is -0.123. The molecule has 0 aromatic heterocycles. The SMILES string of the molecule is CCC/C=C\CCCCCCCC(=O)NC(COP(=O)(O)OCCN)C(O)/C=C/CC/C=C/CCCC. The van der Waals surface area contributed by atoms with E-state index < -0.39 is 20.0 Å². The van der Waals surface area contributed by atoms with Gasteiger partial charge in [-0.2, -0.15) is 0 Å². The zero-order chi connectivity index (χ0) is 27.6. The first-order valence-electron chi connectivity index (χ1n) is 14.1. The highest BCUT2D eigenvalue weighted by atomic mass is 31.2. The summed E-state index contributed by atoms with van der Waals surface area (Å²) in [4.78, 5) is 22.3. The highest BCUT2D eigenvalue weighted by Gasteiger charge is 2.26. The van der Waals surface area contributed by atoms with Crippen LogP contribution in [0.3, 0.4) is 0 Å². The molecule has 0 saturated heterocycles. The van der Waals surface area contributed by atoms with Gasteiger partial charge in [-0.3, -0.25) is 13.8 Å². The Bertz CT molecular complexity index is 684. The van der Waals surface area contributed by atoms with E-state index in [1.807, 2.05) is 6.08 Å². The van der Waals surface area contributed by atoms with Gasteiger partial charge in [-0.15, -0.1) is 0 Å². The van der Waals surface area contributed by atoms with Crippen molar-refractivity contribution < 1.29 is 28.4 Å². The second-order valence-corrected chi connectivity index (χ2v) is 10.7. The number of nitrogens with two attached hydrogens (primary N) is 1. The molecule has 3 atom stereocenters. The van der Waals surface area contributed by atoms with Crippen LogP contribution < -0.4 is 11.1 Å². The van der Waals surface area contributed by atoms with Gasteiger partial charge in [0.1, 0.15) is 0 Å². The maximum absolute atomic E-state index is 12.5. The van der Waals surface area contributed by atoms with E-state index in [-0.39, 0.29) is 25.7 Å². The monoisotopic (exact) mass is 544 g/mol. The van der Waals surface area contributed by atoms with Crippen LogP contribution in [-0.2, 0) is 18.4 Å². The first-order valence-corrected chi connectivity index (χ1v) is 15.6. The van der Waals surface area contributed by atoms with E-state index in [2.05, 4.69) is 43.5 Å². The van der Waals surface area contributed by atoms with E-state index in [1.165, 1.54) is 19.3 Å². The molecule has 8 nitrogen and oxygen atoms in total. The van der Waals surface area contributed by atoms with Gasteiger partial charge in [0, 0.05) is 13.0 Å². The van der Waals surface area contributed by atoms with Crippen molar-refractivity contribution in [2.75, 3.05) is 19.8 Å². The predicted octanol–water partition coefficient (Wildman–Crippen LogP) is 6.09. The summed E-state index contributed by atoms with van der Waals surface area (Å²) in [6.07, 6.45) is 25.0. The Balaban J connectivity index is 4.57. The standard InChI is InChI=1S/C28H53N2O6P/c1-3-5-7-9-11-13-14-16-18-20-22-28(32)30-26(25-36-37(33,34)35-24-23-29)27(31)21-19-17-15-12-10-8-6-4-2/h7,9-10,12,19,21,26-27,31H,3-6,8,11,13-18,20,22-25,29H2,1-2H3,(H,30,32)(H,33,34)/b9-7-,12-10+,21-19+. The van der Waals surface area contributed by atoms with Gasteiger partial charge < -0.3 is 21.1 Å². The van der Waals surface area contributed by atoms with Crippen LogP contribution in [-0.4, -0.2) is 47.8 Å². The molecule has 0 heterocycles. The molecule has 0 spiro atoms. The second kappa shape index (κ2) is 25.0. The van der Waals surface area contributed by atoms with Crippen molar-refractivity contribution in [1.82, 2.24) is 5.32 Å². The van der Waals surface area contributed by atoms with Crippen LogP contribution in [0.25, 0.3) is 0 Å². The highest BCUT2D eigenvalue weighted by molar-refractivity contribution is 7.47. The largest absolute Gasteiger partial charge is 0.472 e. The lowest BCUT2D eigenvalue weighted by atomic mass is 10.1. The quantitative estimate of drug-likeness (QED) is 0.0621. The van der Waals surface area contributed by atoms with Crippen LogP contribution in [0, 0.1) is 0 Å². The number of hydrogen-bond acceptors (Lipinski definition) is 6. The Morgan fingerprint density at radius 1 is 0.865 bits per heavy atom.